The summed E-state index contributed by atoms with van der Waals surface area (Å²) in [5.74, 6) is -0.843. The van der Waals surface area contributed by atoms with Gasteiger partial charge in [0.1, 0.15) is 19.8 Å². The van der Waals surface area contributed by atoms with Crippen LogP contribution >= 0.6 is 7.82 Å². The fraction of sp³-hybridized carbons (Fsp3) is 0.900. The lowest BCUT2D eigenvalue weighted by atomic mass is 10.0. The van der Waals surface area contributed by atoms with Crippen molar-refractivity contribution in [2.75, 3.05) is 47.5 Å². The smallest absolute Gasteiger partial charge is 0.306 e. The number of carbonyl (C=O) groups excluding carboxylic acids is 2. The Morgan fingerprint density at radius 3 is 1.48 bits per heavy atom. The predicted octanol–water partition coefficient (Wildman–Crippen LogP) is 10.4. The molecular weight excluding hydrogens is 653 g/mol. The van der Waals surface area contributed by atoms with Gasteiger partial charge in [0, 0.05) is 12.8 Å². The molecule has 0 spiro atoms. The van der Waals surface area contributed by atoms with Crippen molar-refractivity contribution in [1.82, 2.24) is 0 Å². The van der Waals surface area contributed by atoms with Gasteiger partial charge in [-0.3, -0.25) is 14.2 Å². The van der Waals surface area contributed by atoms with Gasteiger partial charge < -0.3 is 27.9 Å². The Kier molecular flexibility index (Phi) is 32.7. The predicted molar refractivity (Wildman–Crippen MR) is 204 cm³/mol. The monoisotopic (exact) mass is 732 g/mol. The van der Waals surface area contributed by atoms with Crippen LogP contribution in [-0.2, 0) is 32.7 Å². The maximum absolute atomic E-state index is 12.6. The molecule has 10 heteroatoms. The van der Waals surface area contributed by atoms with Gasteiger partial charge in [-0.05, 0) is 38.5 Å². The molecule has 0 aromatic rings. The van der Waals surface area contributed by atoms with Crippen molar-refractivity contribution in [3.05, 3.63) is 12.2 Å². The van der Waals surface area contributed by atoms with Gasteiger partial charge in [-0.1, -0.05) is 142 Å². The summed E-state index contributed by atoms with van der Waals surface area (Å²) in [4.78, 5) is 37.4. The molecule has 2 unspecified atom stereocenters. The van der Waals surface area contributed by atoms with Crippen molar-refractivity contribution in [1.29, 1.82) is 0 Å². The molecule has 0 fully saturated rings. The Morgan fingerprint density at radius 1 is 0.600 bits per heavy atom. The first-order chi connectivity index (χ1) is 24.0. The lowest BCUT2D eigenvalue weighted by molar-refractivity contribution is -0.870. The van der Waals surface area contributed by atoms with Crippen molar-refractivity contribution in [2.24, 2.45) is 0 Å². The quantitative estimate of drug-likeness (QED) is 0.0204. The van der Waals surface area contributed by atoms with E-state index in [1.165, 1.54) is 96.3 Å². The van der Waals surface area contributed by atoms with Crippen LogP contribution in [0.1, 0.15) is 181 Å². The third-order valence-electron chi connectivity index (χ3n) is 8.79. The molecule has 0 rings (SSSR count). The highest BCUT2D eigenvalue weighted by molar-refractivity contribution is 7.45. The van der Waals surface area contributed by atoms with Gasteiger partial charge in [0.05, 0.1) is 27.7 Å². The third-order valence-corrected chi connectivity index (χ3v) is 9.75. The first-order valence-corrected chi connectivity index (χ1v) is 21.9. The minimum Gasteiger partial charge on any atom is -0.756 e. The summed E-state index contributed by atoms with van der Waals surface area (Å²) in [7, 11) is 1.17. The number of ether oxygens (including phenoxy) is 2. The zero-order valence-electron chi connectivity index (χ0n) is 33.1. The average Bonchev–Trinajstić information content (AvgIpc) is 3.06. The first-order valence-electron chi connectivity index (χ1n) is 20.4. The second-order valence-corrected chi connectivity index (χ2v) is 16.4. The van der Waals surface area contributed by atoms with Crippen LogP contribution in [0.2, 0.25) is 0 Å². The molecule has 0 aromatic heterocycles. The highest BCUT2D eigenvalue weighted by atomic mass is 31.2. The second kappa shape index (κ2) is 33.6. The van der Waals surface area contributed by atoms with Crippen LogP contribution in [0.5, 0.6) is 0 Å². The molecule has 0 heterocycles. The minimum absolute atomic E-state index is 0.0296. The molecule has 0 amide bonds. The Labute approximate surface area is 307 Å². The van der Waals surface area contributed by atoms with Gasteiger partial charge in [0.2, 0.25) is 0 Å². The number of likely N-dealkylation sites (N-methyl/N-ethyl adjacent to an activating group) is 1. The first kappa shape index (κ1) is 48.8. The van der Waals surface area contributed by atoms with Crippen LogP contribution in [0.4, 0.5) is 0 Å². The summed E-state index contributed by atoms with van der Waals surface area (Å²) in [6, 6.07) is 0. The third kappa shape index (κ3) is 36.5. The Balaban J connectivity index is 4.40. The number of rotatable bonds is 37. The van der Waals surface area contributed by atoms with E-state index in [1.54, 1.807) is 0 Å². The SMILES string of the molecule is CCCCCCCC/C=C\CCCCCCC(=O)OCC(COP(=O)([O-])OCC[N+](C)(C)C)OC(=O)CCCCCCCCCCCCCC. The fourth-order valence-electron chi connectivity index (χ4n) is 5.53. The standard InChI is InChI=1S/C40H78NO8P/c1-6-8-10-12-14-16-18-20-21-23-24-26-28-30-32-39(42)46-36-38(37-48-50(44,45)47-35-34-41(3,4)5)49-40(43)33-31-29-27-25-22-19-17-15-13-11-9-7-2/h20-21,38H,6-19,22-37H2,1-5H3/b21-20-. The number of esters is 2. The highest BCUT2D eigenvalue weighted by Crippen LogP contribution is 2.38. The molecule has 296 valence electrons. The number of phosphoric acid groups is 1. The van der Waals surface area contributed by atoms with Crippen molar-refractivity contribution in [3.8, 4) is 0 Å². The van der Waals surface area contributed by atoms with Gasteiger partial charge in [-0.15, -0.1) is 0 Å². The van der Waals surface area contributed by atoms with Crippen molar-refractivity contribution < 1.29 is 42.1 Å². The van der Waals surface area contributed by atoms with E-state index >= 15 is 0 Å². The topological polar surface area (TPSA) is 111 Å². The fourth-order valence-corrected chi connectivity index (χ4v) is 6.26. The number of phosphoric ester groups is 1. The van der Waals surface area contributed by atoms with Crippen LogP contribution in [0.25, 0.3) is 0 Å². The van der Waals surface area contributed by atoms with Gasteiger partial charge in [-0.2, -0.15) is 0 Å². The zero-order chi connectivity index (χ0) is 37.2. The zero-order valence-corrected chi connectivity index (χ0v) is 34.0. The molecule has 0 saturated carbocycles. The van der Waals surface area contributed by atoms with Crippen molar-refractivity contribution in [3.63, 3.8) is 0 Å². The summed E-state index contributed by atoms with van der Waals surface area (Å²) >= 11 is 0. The van der Waals surface area contributed by atoms with Crippen LogP contribution in [0.15, 0.2) is 12.2 Å². The van der Waals surface area contributed by atoms with E-state index in [0.717, 1.165) is 51.4 Å². The molecule has 2 atom stereocenters. The van der Waals surface area contributed by atoms with Gasteiger partial charge in [0.15, 0.2) is 6.10 Å². The number of quaternary nitrogens is 1. The Morgan fingerprint density at radius 2 is 1.02 bits per heavy atom. The van der Waals surface area contributed by atoms with Crippen molar-refractivity contribution in [2.45, 2.75) is 187 Å². The van der Waals surface area contributed by atoms with Crippen molar-refractivity contribution >= 4 is 19.8 Å². The number of nitrogens with zero attached hydrogens (tertiary/aromatic N) is 1. The van der Waals surface area contributed by atoms with E-state index in [0.29, 0.717) is 17.4 Å². The lowest BCUT2D eigenvalue weighted by Gasteiger charge is -2.28. The summed E-state index contributed by atoms with van der Waals surface area (Å²) in [5, 5.41) is 0. The molecule has 50 heavy (non-hydrogen) atoms. The van der Waals surface area contributed by atoms with Gasteiger partial charge >= 0.3 is 11.9 Å². The average molecular weight is 732 g/mol. The number of hydrogen-bond donors (Lipinski definition) is 0. The molecule has 0 aliphatic rings. The molecule has 0 aromatic carbocycles. The Hall–Kier alpha value is -1.25. The van der Waals surface area contributed by atoms with Gasteiger partial charge in [-0.25, -0.2) is 0 Å². The molecule has 0 N–H and O–H groups in total. The molecule has 0 radical (unpaired) electrons. The van der Waals surface area contributed by atoms with Crippen LogP contribution in [0.3, 0.4) is 0 Å². The summed E-state index contributed by atoms with van der Waals surface area (Å²) < 4.78 is 33.8. The molecular formula is C40H78NO8P. The minimum atomic E-state index is -4.61. The molecule has 0 aliphatic heterocycles. The normalized spacial score (nSPS) is 13.8. The van der Waals surface area contributed by atoms with Crippen LogP contribution in [0, 0.1) is 0 Å². The van der Waals surface area contributed by atoms with E-state index in [1.807, 2.05) is 21.1 Å². The number of hydrogen-bond acceptors (Lipinski definition) is 8. The highest BCUT2D eigenvalue weighted by Gasteiger charge is 2.21. The molecule has 0 aliphatic carbocycles. The Bertz CT molecular complexity index is 876. The van der Waals surface area contributed by atoms with E-state index in [2.05, 4.69) is 26.0 Å². The van der Waals surface area contributed by atoms with E-state index in [-0.39, 0.29) is 26.1 Å². The maximum Gasteiger partial charge on any atom is 0.306 e. The largest absolute Gasteiger partial charge is 0.756 e. The van der Waals surface area contributed by atoms with E-state index in [4.69, 9.17) is 18.5 Å². The van der Waals surface area contributed by atoms with Gasteiger partial charge in [0.25, 0.3) is 7.82 Å². The number of allylic oxidation sites excluding steroid dienone is 2. The summed E-state index contributed by atoms with van der Waals surface area (Å²) in [5.41, 5.74) is 0. The number of unbranched alkanes of at least 4 members (excludes halogenated alkanes) is 21. The number of carbonyl (C=O) groups is 2. The van der Waals surface area contributed by atoms with Crippen LogP contribution < -0.4 is 4.89 Å². The van der Waals surface area contributed by atoms with E-state index < -0.39 is 32.5 Å². The van der Waals surface area contributed by atoms with E-state index in [9.17, 15) is 19.0 Å². The second-order valence-electron chi connectivity index (χ2n) is 15.0. The maximum atomic E-state index is 12.6. The molecule has 0 bridgehead atoms. The lowest BCUT2D eigenvalue weighted by Crippen LogP contribution is -2.37. The van der Waals surface area contributed by atoms with Crippen LogP contribution in [-0.4, -0.2) is 70.0 Å². The summed E-state index contributed by atoms with van der Waals surface area (Å²) in [6.45, 7) is 4.20. The molecule has 0 saturated heterocycles. The molecule has 9 nitrogen and oxygen atoms in total. The summed E-state index contributed by atoms with van der Waals surface area (Å²) in [6.07, 6.45) is 32.3.